The molecule has 3 aromatic rings. The van der Waals surface area contributed by atoms with Crippen molar-refractivity contribution in [3.63, 3.8) is 0 Å². The number of nitrogens with zero attached hydrogens (tertiary/aromatic N) is 5. The standard InChI is InChI=1S/C15H10N6OS2/c16-7-10-1-3-11(4-2-10)9-23-15-21-20-14(24-15)19-13(22)12-8-17-5-6-18-12/h1-6,8H,9H2,(H,19,20,22). The van der Waals surface area contributed by atoms with Gasteiger partial charge in [0.1, 0.15) is 5.69 Å². The van der Waals surface area contributed by atoms with Gasteiger partial charge in [0.15, 0.2) is 4.34 Å². The average molecular weight is 354 g/mol. The van der Waals surface area contributed by atoms with E-state index in [1.807, 2.05) is 12.1 Å². The molecule has 7 nitrogen and oxygen atoms in total. The Morgan fingerprint density at radius 2 is 2.08 bits per heavy atom. The molecule has 1 N–H and O–H groups in total. The van der Waals surface area contributed by atoms with Crippen molar-refractivity contribution in [2.45, 2.75) is 10.1 Å². The number of hydrogen-bond donors (Lipinski definition) is 1. The number of rotatable bonds is 5. The summed E-state index contributed by atoms with van der Waals surface area (Å²) in [6.07, 6.45) is 4.34. The van der Waals surface area contributed by atoms with Crippen LogP contribution in [0.3, 0.4) is 0 Å². The molecule has 118 valence electrons. The van der Waals surface area contributed by atoms with Gasteiger partial charge in [-0.2, -0.15) is 5.26 Å². The Hall–Kier alpha value is -2.83. The summed E-state index contributed by atoms with van der Waals surface area (Å²) in [5.74, 6) is 0.334. The van der Waals surface area contributed by atoms with Gasteiger partial charge >= 0.3 is 0 Å². The summed E-state index contributed by atoms with van der Waals surface area (Å²) in [4.78, 5) is 19.7. The highest BCUT2D eigenvalue weighted by atomic mass is 32.2. The third-order valence-electron chi connectivity index (χ3n) is 2.87. The molecule has 3 rings (SSSR count). The van der Waals surface area contributed by atoms with Crippen LogP contribution in [0.25, 0.3) is 0 Å². The van der Waals surface area contributed by atoms with Gasteiger partial charge < -0.3 is 0 Å². The highest BCUT2D eigenvalue weighted by molar-refractivity contribution is 8.00. The Balaban J connectivity index is 1.57. The lowest BCUT2D eigenvalue weighted by Crippen LogP contribution is -2.13. The molecule has 0 saturated carbocycles. The van der Waals surface area contributed by atoms with Crippen LogP contribution < -0.4 is 5.32 Å². The maximum Gasteiger partial charge on any atom is 0.277 e. The predicted molar refractivity (Wildman–Crippen MR) is 90.6 cm³/mol. The third kappa shape index (κ3) is 4.13. The quantitative estimate of drug-likeness (QED) is 0.555. The number of benzene rings is 1. The van der Waals surface area contributed by atoms with Gasteiger partial charge in [-0.15, -0.1) is 10.2 Å². The highest BCUT2D eigenvalue weighted by Crippen LogP contribution is 2.28. The van der Waals surface area contributed by atoms with Crippen molar-refractivity contribution >= 4 is 34.1 Å². The number of carbonyl (C=O) groups excluding carboxylic acids is 1. The fourth-order valence-electron chi connectivity index (χ4n) is 1.72. The highest BCUT2D eigenvalue weighted by Gasteiger charge is 2.11. The Morgan fingerprint density at radius 3 is 2.79 bits per heavy atom. The second kappa shape index (κ2) is 7.63. The molecule has 0 atom stereocenters. The molecule has 0 unspecified atom stereocenters. The van der Waals surface area contributed by atoms with Crippen LogP contribution in [-0.4, -0.2) is 26.1 Å². The first kappa shape index (κ1) is 16.0. The van der Waals surface area contributed by atoms with Crippen molar-refractivity contribution in [2.24, 2.45) is 0 Å². The fraction of sp³-hybridized carbons (Fsp3) is 0.0667. The molecule has 0 saturated heterocycles. The maximum absolute atomic E-state index is 12.0. The second-order valence-corrected chi connectivity index (χ2v) is 6.72. The van der Waals surface area contributed by atoms with E-state index in [0.29, 0.717) is 16.4 Å². The Kier molecular flexibility index (Phi) is 5.10. The van der Waals surface area contributed by atoms with E-state index in [9.17, 15) is 4.79 Å². The number of nitrogens with one attached hydrogen (secondary N) is 1. The molecular weight excluding hydrogens is 344 g/mol. The average Bonchev–Trinajstić information content (AvgIpc) is 3.08. The van der Waals surface area contributed by atoms with Crippen LogP contribution in [0.4, 0.5) is 5.13 Å². The van der Waals surface area contributed by atoms with E-state index in [1.165, 1.54) is 41.7 Å². The fourth-order valence-corrected chi connectivity index (χ4v) is 3.42. The van der Waals surface area contributed by atoms with Crippen LogP contribution in [0, 0.1) is 11.3 Å². The smallest absolute Gasteiger partial charge is 0.277 e. The van der Waals surface area contributed by atoms with E-state index >= 15 is 0 Å². The van der Waals surface area contributed by atoms with Crippen LogP contribution in [-0.2, 0) is 5.75 Å². The molecule has 1 amide bonds. The molecule has 0 fully saturated rings. The van der Waals surface area contributed by atoms with Gasteiger partial charge in [-0.3, -0.25) is 15.1 Å². The minimum absolute atomic E-state index is 0.222. The molecule has 0 aliphatic carbocycles. The van der Waals surface area contributed by atoms with Gasteiger partial charge in [-0.05, 0) is 17.7 Å². The Labute approximate surface area is 145 Å². The Morgan fingerprint density at radius 1 is 1.25 bits per heavy atom. The number of amides is 1. The second-order valence-electron chi connectivity index (χ2n) is 4.52. The van der Waals surface area contributed by atoms with E-state index in [1.54, 1.807) is 12.1 Å². The lowest BCUT2D eigenvalue weighted by molar-refractivity contribution is 0.102. The van der Waals surface area contributed by atoms with E-state index < -0.39 is 0 Å². The van der Waals surface area contributed by atoms with Crippen molar-refractivity contribution in [3.05, 3.63) is 59.7 Å². The van der Waals surface area contributed by atoms with Crippen LogP contribution in [0.15, 0.2) is 47.2 Å². The Bertz CT molecular complexity index is 873. The predicted octanol–water partition coefficient (Wildman–Crippen LogP) is 2.74. The van der Waals surface area contributed by atoms with Crippen LogP contribution in [0.1, 0.15) is 21.6 Å². The van der Waals surface area contributed by atoms with Crippen molar-refractivity contribution < 1.29 is 4.79 Å². The zero-order valence-corrected chi connectivity index (χ0v) is 13.8. The van der Waals surface area contributed by atoms with E-state index in [0.717, 1.165) is 9.90 Å². The molecule has 24 heavy (non-hydrogen) atoms. The maximum atomic E-state index is 12.0. The summed E-state index contributed by atoms with van der Waals surface area (Å²) in [7, 11) is 0. The molecule has 1 aromatic carbocycles. The van der Waals surface area contributed by atoms with Gasteiger partial charge in [0.25, 0.3) is 5.91 Å². The molecular formula is C15H10N6OS2. The lowest BCUT2D eigenvalue weighted by Gasteiger charge is -1.99. The minimum Gasteiger partial charge on any atom is -0.295 e. The van der Waals surface area contributed by atoms with Gasteiger partial charge in [-0.1, -0.05) is 35.2 Å². The van der Waals surface area contributed by atoms with Gasteiger partial charge in [0.2, 0.25) is 5.13 Å². The minimum atomic E-state index is -0.372. The number of hydrogen-bond acceptors (Lipinski definition) is 8. The first-order valence-electron chi connectivity index (χ1n) is 6.77. The lowest BCUT2D eigenvalue weighted by atomic mass is 10.2. The van der Waals surface area contributed by atoms with Crippen molar-refractivity contribution in [3.8, 4) is 6.07 Å². The van der Waals surface area contributed by atoms with Crippen molar-refractivity contribution in [2.75, 3.05) is 5.32 Å². The number of carbonyl (C=O) groups is 1. The third-order valence-corrected chi connectivity index (χ3v) is 4.91. The zero-order valence-electron chi connectivity index (χ0n) is 12.2. The molecule has 2 heterocycles. The van der Waals surface area contributed by atoms with Gasteiger partial charge in [0.05, 0.1) is 17.8 Å². The summed E-state index contributed by atoms with van der Waals surface area (Å²) >= 11 is 2.80. The number of anilines is 1. The van der Waals surface area contributed by atoms with E-state index in [2.05, 4.69) is 31.6 Å². The largest absolute Gasteiger partial charge is 0.295 e. The normalized spacial score (nSPS) is 10.1. The number of thioether (sulfide) groups is 1. The number of nitriles is 1. The summed E-state index contributed by atoms with van der Waals surface area (Å²) < 4.78 is 0.744. The zero-order chi connectivity index (χ0) is 16.8. The molecule has 9 heteroatoms. The molecule has 0 aliphatic rings. The van der Waals surface area contributed by atoms with Gasteiger partial charge in [0, 0.05) is 18.1 Å². The van der Waals surface area contributed by atoms with Gasteiger partial charge in [-0.25, -0.2) is 4.98 Å². The molecule has 0 bridgehead atoms. The summed E-state index contributed by atoms with van der Waals surface area (Å²) in [5.41, 5.74) is 1.94. The molecule has 0 aliphatic heterocycles. The van der Waals surface area contributed by atoms with Crippen LogP contribution in [0.2, 0.25) is 0 Å². The molecule has 0 radical (unpaired) electrons. The first-order valence-corrected chi connectivity index (χ1v) is 8.57. The first-order chi connectivity index (χ1) is 11.7. The van der Waals surface area contributed by atoms with Crippen molar-refractivity contribution in [1.29, 1.82) is 5.26 Å². The van der Waals surface area contributed by atoms with Crippen LogP contribution >= 0.6 is 23.1 Å². The van der Waals surface area contributed by atoms with Crippen molar-refractivity contribution in [1.82, 2.24) is 20.2 Å². The SMILES string of the molecule is N#Cc1ccc(CSc2nnc(NC(=O)c3cnccn3)s2)cc1. The summed E-state index contributed by atoms with van der Waals surface area (Å²) in [5, 5.41) is 19.8. The van der Waals surface area contributed by atoms with Crippen LogP contribution in [0.5, 0.6) is 0 Å². The summed E-state index contributed by atoms with van der Waals surface area (Å²) in [6.45, 7) is 0. The van der Waals surface area contributed by atoms with E-state index in [-0.39, 0.29) is 11.6 Å². The number of aromatic nitrogens is 4. The molecule has 2 aromatic heterocycles. The topological polar surface area (TPSA) is 104 Å². The summed E-state index contributed by atoms with van der Waals surface area (Å²) in [6, 6.07) is 9.46. The monoisotopic (exact) mass is 354 g/mol. The van der Waals surface area contributed by atoms with E-state index in [4.69, 9.17) is 5.26 Å². The molecule has 0 spiro atoms.